The number of carbonyl (C=O) groups excluding carboxylic acids is 2. The van der Waals surface area contributed by atoms with Gasteiger partial charge < -0.3 is 19.7 Å². The molecule has 4 aliphatic carbocycles. The smallest absolute Gasteiger partial charge is 0.302 e. The Morgan fingerprint density at radius 3 is 2.16 bits per heavy atom. The van der Waals surface area contributed by atoms with Gasteiger partial charge in [-0.15, -0.1) is 0 Å². The van der Waals surface area contributed by atoms with Gasteiger partial charge in [-0.2, -0.15) is 0 Å². The second-order valence-electron chi connectivity index (χ2n) is 14.4. The van der Waals surface area contributed by atoms with Crippen molar-refractivity contribution in [2.24, 2.45) is 46.3 Å². The van der Waals surface area contributed by atoms with E-state index < -0.39 is 11.7 Å². The molecule has 0 heterocycles. The van der Waals surface area contributed by atoms with E-state index in [1.54, 1.807) is 0 Å². The number of fused-ring (bicyclic) bond motifs is 5. The fourth-order valence-electron chi connectivity index (χ4n) is 9.85. The van der Waals surface area contributed by atoms with Crippen LogP contribution in [0.4, 0.5) is 0 Å². The molecule has 0 amide bonds. The number of hydrogen-bond donors (Lipinski definition) is 2. The molecule has 11 atom stereocenters. The van der Waals surface area contributed by atoms with Crippen LogP contribution in [0.15, 0.2) is 0 Å². The van der Waals surface area contributed by atoms with Crippen LogP contribution in [0.5, 0.6) is 0 Å². The Morgan fingerprint density at radius 2 is 1.54 bits per heavy atom. The summed E-state index contributed by atoms with van der Waals surface area (Å²) < 4.78 is 11.7. The minimum atomic E-state index is -0.755. The highest BCUT2D eigenvalue weighted by Gasteiger charge is 2.63. The van der Waals surface area contributed by atoms with E-state index >= 15 is 0 Å². The van der Waals surface area contributed by atoms with E-state index in [2.05, 4.69) is 20.8 Å². The fourth-order valence-corrected chi connectivity index (χ4v) is 9.85. The van der Waals surface area contributed by atoms with Gasteiger partial charge in [0.05, 0.1) is 11.7 Å². The van der Waals surface area contributed by atoms with E-state index in [4.69, 9.17) is 9.47 Å². The average Bonchev–Trinajstić information content (AvgIpc) is 3.14. The van der Waals surface area contributed by atoms with Crippen molar-refractivity contribution in [1.29, 1.82) is 0 Å². The van der Waals surface area contributed by atoms with Crippen LogP contribution in [-0.4, -0.2) is 46.1 Å². The monoisotopic (exact) mass is 520 g/mol. The Balaban J connectivity index is 1.55. The molecular weight excluding hydrogens is 468 g/mol. The number of carbonyl (C=O) groups is 2. The first-order chi connectivity index (χ1) is 17.2. The van der Waals surface area contributed by atoms with Gasteiger partial charge in [0.1, 0.15) is 12.2 Å². The molecule has 4 saturated carbocycles. The lowest BCUT2D eigenvalue weighted by Crippen LogP contribution is -2.59. The molecule has 212 valence electrons. The van der Waals surface area contributed by atoms with Crippen molar-refractivity contribution < 1.29 is 29.3 Å². The summed E-state index contributed by atoms with van der Waals surface area (Å²) in [6.45, 7) is 13.7. The summed E-state index contributed by atoms with van der Waals surface area (Å²) in [6.07, 6.45) is 8.88. The normalized spacial score (nSPS) is 43.1. The summed E-state index contributed by atoms with van der Waals surface area (Å²) in [5, 5.41) is 21.3. The lowest BCUT2D eigenvalue weighted by atomic mass is 9.43. The third-order valence-corrected chi connectivity index (χ3v) is 11.6. The predicted molar refractivity (Wildman–Crippen MR) is 142 cm³/mol. The van der Waals surface area contributed by atoms with Gasteiger partial charge in [-0.05, 0) is 118 Å². The minimum absolute atomic E-state index is 0.0803. The summed E-state index contributed by atoms with van der Waals surface area (Å²) in [6, 6.07) is 0. The van der Waals surface area contributed by atoms with E-state index in [0.29, 0.717) is 36.5 Å². The van der Waals surface area contributed by atoms with Crippen molar-refractivity contribution >= 4 is 11.9 Å². The van der Waals surface area contributed by atoms with Crippen molar-refractivity contribution in [2.75, 3.05) is 0 Å². The molecule has 0 aromatic carbocycles. The molecule has 4 rings (SSSR count). The van der Waals surface area contributed by atoms with Crippen molar-refractivity contribution in [3.05, 3.63) is 0 Å². The summed E-state index contributed by atoms with van der Waals surface area (Å²) >= 11 is 0. The Bertz CT molecular complexity index is 849. The summed E-state index contributed by atoms with van der Waals surface area (Å²) in [5.41, 5.74) is -0.499. The zero-order chi connectivity index (χ0) is 27.3. The third-order valence-electron chi connectivity index (χ3n) is 11.6. The SMILES string of the molecule is CC(=O)OC1CCC2(C)C(C1)C(OC(C)=O)CC1C2CCC2(C)C(C(C)C(O)CCC(C)(C)O)CCC12. The molecule has 6 nitrogen and oxygen atoms in total. The largest absolute Gasteiger partial charge is 0.463 e. The highest BCUT2D eigenvalue weighted by atomic mass is 16.5. The predicted octanol–water partition coefficient (Wildman–Crippen LogP) is 5.67. The fraction of sp³-hybridized carbons (Fsp3) is 0.935. The van der Waals surface area contributed by atoms with Crippen molar-refractivity contribution in [3.8, 4) is 0 Å². The molecule has 37 heavy (non-hydrogen) atoms. The van der Waals surface area contributed by atoms with Gasteiger partial charge in [0.2, 0.25) is 0 Å². The van der Waals surface area contributed by atoms with Gasteiger partial charge in [-0.3, -0.25) is 9.59 Å². The molecule has 0 saturated heterocycles. The number of esters is 2. The second-order valence-corrected chi connectivity index (χ2v) is 14.4. The van der Waals surface area contributed by atoms with Gasteiger partial charge in [0.25, 0.3) is 0 Å². The van der Waals surface area contributed by atoms with Crippen molar-refractivity contribution in [1.82, 2.24) is 0 Å². The van der Waals surface area contributed by atoms with Crippen LogP contribution in [0.1, 0.15) is 113 Å². The molecular formula is C31H52O6. The second kappa shape index (κ2) is 10.4. The summed E-state index contributed by atoms with van der Waals surface area (Å²) in [4.78, 5) is 23.9. The first-order valence-corrected chi connectivity index (χ1v) is 14.9. The first kappa shape index (κ1) is 28.9. The standard InChI is InChI=1S/C31H52O6/c1-18(27(34)12-13-29(4,5)35)23-8-9-24-22-17-28(37-20(3)33)26-16-21(36-19(2)32)10-14-31(26,7)25(22)11-15-30(23,24)6/h18,21-28,34-35H,8-17H2,1-7H3. The zero-order valence-electron chi connectivity index (χ0n) is 24.3. The zero-order valence-corrected chi connectivity index (χ0v) is 24.3. The number of ether oxygens (including phenoxy) is 2. The van der Waals surface area contributed by atoms with Crippen molar-refractivity contribution in [2.45, 2.75) is 137 Å². The number of hydrogen-bond acceptors (Lipinski definition) is 6. The minimum Gasteiger partial charge on any atom is -0.463 e. The molecule has 4 aliphatic rings. The van der Waals surface area contributed by atoms with Gasteiger partial charge in [-0.25, -0.2) is 0 Å². The highest BCUT2D eigenvalue weighted by molar-refractivity contribution is 5.66. The lowest BCUT2D eigenvalue weighted by Gasteiger charge is -2.62. The van der Waals surface area contributed by atoms with Gasteiger partial charge >= 0.3 is 11.9 Å². The topological polar surface area (TPSA) is 93.1 Å². The maximum Gasteiger partial charge on any atom is 0.302 e. The summed E-state index contributed by atoms with van der Waals surface area (Å²) in [7, 11) is 0. The first-order valence-electron chi connectivity index (χ1n) is 14.9. The van der Waals surface area contributed by atoms with Crippen LogP contribution in [0, 0.1) is 46.3 Å². The molecule has 0 bridgehead atoms. The van der Waals surface area contributed by atoms with E-state index in [1.165, 1.54) is 33.1 Å². The van der Waals surface area contributed by atoms with E-state index in [9.17, 15) is 19.8 Å². The Labute approximate surface area is 224 Å². The number of rotatable bonds is 7. The molecule has 2 N–H and O–H groups in total. The van der Waals surface area contributed by atoms with Crippen LogP contribution in [0.2, 0.25) is 0 Å². The van der Waals surface area contributed by atoms with Crippen LogP contribution in [-0.2, 0) is 19.1 Å². The van der Waals surface area contributed by atoms with Crippen molar-refractivity contribution in [3.63, 3.8) is 0 Å². The van der Waals surface area contributed by atoms with Gasteiger partial charge in [0, 0.05) is 19.8 Å². The maximum atomic E-state index is 12.2. The highest BCUT2D eigenvalue weighted by Crippen LogP contribution is 2.68. The third kappa shape index (κ3) is 5.62. The van der Waals surface area contributed by atoms with Crippen LogP contribution < -0.4 is 0 Å². The maximum absolute atomic E-state index is 12.2. The quantitative estimate of drug-likeness (QED) is 0.420. The molecule has 0 aromatic rings. The van der Waals surface area contributed by atoms with Gasteiger partial charge in [-0.1, -0.05) is 20.8 Å². The lowest BCUT2D eigenvalue weighted by molar-refractivity contribution is -0.197. The molecule has 0 aliphatic heterocycles. The van der Waals surface area contributed by atoms with E-state index in [-0.39, 0.29) is 46.8 Å². The summed E-state index contributed by atoms with van der Waals surface area (Å²) in [5.74, 6) is 2.12. The van der Waals surface area contributed by atoms with E-state index in [1.807, 2.05) is 13.8 Å². The van der Waals surface area contributed by atoms with Crippen LogP contribution >= 0.6 is 0 Å². The number of aliphatic hydroxyl groups is 2. The molecule has 6 heteroatoms. The molecule has 4 fully saturated rings. The Kier molecular flexibility index (Phi) is 8.15. The molecule has 11 unspecified atom stereocenters. The van der Waals surface area contributed by atoms with Gasteiger partial charge in [0.15, 0.2) is 0 Å². The van der Waals surface area contributed by atoms with Crippen LogP contribution in [0.3, 0.4) is 0 Å². The average molecular weight is 521 g/mol. The number of aliphatic hydroxyl groups excluding tert-OH is 1. The Hall–Kier alpha value is -1.14. The Morgan fingerprint density at radius 1 is 0.919 bits per heavy atom. The molecule has 0 radical (unpaired) electrons. The molecule has 0 spiro atoms. The van der Waals surface area contributed by atoms with E-state index in [0.717, 1.165) is 32.1 Å². The molecule has 0 aromatic heterocycles. The van der Waals surface area contributed by atoms with Crippen LogP contribution in [0.25, 0.3) is 0 Å².